The van der Waals surface area contributed by atoms with Crippen molar-refractivity contribution in [1.82, 2.24) is 10.1 Å². The quantitative estimate of drug-likeness (QED) is 0.791. The number of nitrogens with one attached hydrogen (secondary N) is 1. The molecule has 2 heterocycles. The van der Waals surface area contributed by atoms with Crippen molar-refractivity contribution in [3.8, 4) is 0 Å². The highest BCUT2D eigenvalue weighted by atomic mass is 19.1. The smallest absolute Gasteiger partial charge is 0.295 e. The van der Waals surface area contributed by atoms with Crippen molar-refractivity contribution >= 4 is 17.1 Å². The molecule has 0 aliphatic heterocycles. The van der Waals surface area contributed by atoms with Gasteiger partial charge < -0.3 is 14.3 Å². The highest BCUT2D eigenvalue weighted by Crippen LogP contribution is 2.24. The number of benzene rings is 1. The van der Waals surface area contributed by atoms with Gasteiger partial charge in [0, 0.05) is 24.1 Å². The van der Waals surface area contributed by atoms with Crippen molar-refractivity contribution in [3.63, 3.8) is 0 Å². The second-order valence-corrected chi connectivity index (χ2v) is 5.15. The van der Waals surface area contributed by atoms with Crippen molar-refractivity contribution in [2.24, 2.45) is 0 Å². The van der Waals surface area contributed by atoms with E-state index in [9.17, 15) is 4.39 Å². The van der Waals surface area contributed by atoms with Crippen molar-refractivity contribution in [1.29, 1.82) is 0 Å². The maximum absolute atomic E-state index is 13.1. The number of aromatic nitrogens is 2. The summed E-state index contributed by atoms with van der Waals surface area (Å²) in [5.41, 5.74) is 3.04. The molecular formula is C15H16FN3O2. The number of hydrogen-bond acceptors (Lipinski definition) is 5. The Morgan fingerprint density at radius 1 is 1.33 bits per heavy atom. The van der Waals surface area contributed by atoms with Crippen LogP contribution in [0.2, 0.25) is 0 Å². The van der Waals surface area contributed by atoms with Gasteiger partial charge in [-0.25, -0.2) is 4.39 Å². The minimum Gasteiger partial charge on any atom is -0.423 e. The van der Waals surface area contributed by atoms with Gasteiger partial charge in [-0.2, -0.15) is 4.98 Å². The second kappa shape index (κ2) is 5.20. The average molecular weight is 289 g/mol. The van der Waals surface area contributed by atoms with Gasteiger partial charge >= 0.3 is 0 Å². The van der Waals surface area contributed by atoms with Crippen LogP contribution in [0.4, 0.5) is 10.4 Å². The lowest BCUT2D eigenvalue weighted by atomic mass is 10.00. The van der Waals surface area contributed by atoms with Crippen LogP contribution in [0.25, 0.3) is 11.1 Å². The molecular weight excluding hydrogens is 273 g/mol. The van der Waals surface area contributed by atoms with E-state index in [-0.39, 0.29) is 11.7 Å². The van der Waals surface area contributed by atoms with Crippen molar-refractivity contribution < 1.29 is 13.3 Å². The summed E-state index contributed by atoms with van der Waals surface area (Å²) in [6.07, 6.45) is 0. The predicted molar refractivity (Wildman–Crippen MR) is 76.8 cm³/mol. The first-order valence-electron chi connectivity index (χ1n) is 6.77. The van der Waals surface area contributed by atoms with E-state index < -0.39 is 0 Å². The number of halogens is 1. The molecule has 1 unspecified atom stereocenters. The summed E-state index contributed by atoms with van der Waals surface area (Å²) in [5.74, 6) is 0.679. The van der Waals surface area contributed by atoms with E-state index in [4.69, 9.17) is 8.94 Å². The number of rotatable bonds is 4. The molecule has 0 saturated carbocycles. The molecule has 2 aromatic heterocycles. The highest BCUT2D eigenvalue weighted by Gasteiger charge is 2.17. The van der Waals surface area contributed by atoms with Crippen LogP contribution in [0.1, 0.15) is 29.9 Å². The minimum atomic E-state index is -0.339. The van der Waals surface area contributed by atoms with E-state index in [0.29, 0.717) is 23.7 Å². The lowest BCUT2D eigenvalue weighted by Crippen LogP contribution is -2.11. The molecule has 0 bridgehead atoms. The summed E-state index contributed by atoms with van der Waals surface area (Å²) in [6.45, 7) is 6.51. The molecule has 0 saturated heterocycles. The summed E-state index contributed by atoms with van der Waals surface area (Å²) < 4.78 is 23.8. The molecule has 5 nitrogen and oxygen atoms in total. The predicted octanol–water partition coefficient (Wildman–Crippen LogP) is 3.79. The van der Waals surface area contributed by atoms with Crippen LogP contribution in [0.3, 0.4) is 0 Å². The lowest BCUT2D eigenvalue weighted by Gasteiger charge is -2.10. The third-order valence-electron chi connectivity index (χ3n) is 3.49. The van der Waals surface area contributed by atoms with Gasteiger partial charge in [0.05, 0.1) is 5.69 Å². The monoisotopic (exact) mass is 289 g/mol. The normalized spacial score (nSPS) is 12.8. The Bertz CT molecular complexity index is 759. The first-order valence-corrected chi connectivity index (χ1v) is 6.77. The second-order valence-electron chi connectivity index (χ2n) is 5.15. The zero-order valence-corrected chi connectivity index (χ0v) is 12.1. The first-order chi connectivity index (χ1) is 10.0. The van der Waals surface area contributed by atoms with Crippen molar-refractivity contribution in [3.05, 3.63) is 41.0 Å². The van der Waals surface area contributed by atoms with Crippen LogP contribution in [0.15, 0.2) is 27.1 Å². The SMILES string of the molecule is Cc1noc(C)c1C(C)CNc1nc2ccc(F)cc2o1. The Kier molecular flexibility index (Phi) is 3.37. The number of nitrogens with zero attached hydrogens (tertiary/aromatic N) is 2. The fraction of sp³-hybridized carbons (Fsp3) is 0.333. The van der Waals surface area contributed by atoms with Gasteiger partial charge in [-0.3, -0.25) is 0 Å². The van der Waals surface area contributed by atoms with E-state index in [2.05, 4.69) is 22.4 Å². The maximum atomic E-state index is 13.1. The van der Waals surface area contributed by atoms with E-state index in [1.54, 1.807) is 6.07 Å². The number of fused-ring (bicyclic) bond motifs is 1. The Hall–Kier alpha value is -2.37. The number of hydrogen-bond donors (Lipinski definition) is 1. The van der Waals surface area contributed by atoms with Gasteiger partial charge in [-0.05, 0) is 26.0 Å². The van der Waals surface area contributed by atoms with E-state index in [1.165, 1.54) is 12.1 Å². The summed E-state index contributed by atoms with van der Waals surface area (Å²) >= 11 is 0. The minimum absolute atomic E-state index is 0.197. The molecule has 1 aromatic carbocycles. The fourth-order valence-corrected chi connectivity index (χ4v) is 2.51. The zero-order chi connectivity index (χ0) is 15.0. The number of anilines is 1. The van der Waals surface area contributed by atoms with Gasteiger partial charge in [0.25, 0.3) is 6.01 Å². The molecule has 0 aliphatic rings. The van der Waals surface area contributed by atoms with Crippen LogP contribution < -0.4 is 5.32 Å². The Morgan fingerprint density at radius 2 is 2.14 bits per heavy atom. The number of oxazole rings is 1. The van der Waals surface area contributed by atoms with Crippen LogP contribution in [0, 0.1) is 19.7 Å². The van der Waals surface area contributed by atoms with E-state index in [0.717, 1.165) is 17.0 Å². The molecule has 0 amide bonds. The zero-order valence-electron chi connectivity index (χ0n) is 12.1. The Labute approximate surface area is 121 Å². The molecule has 1 N–H and O–H groups in total. The van der Waals surface area contributed by atoms with Gasteiger partial charge in [-0.1, -0.05) is 12.1 Å². The van der Waals surface area contributed by atoms with Crippen LogP contribution in [0.5, 0.6) is 0 Å². The molecule has 110 valence electrons. The standard InChI is InChI=1S/C15H16FN3O2/c1-8(14-9(2)19-21-10(14)3)7-17-15-18-12-5-4-11(16)6-13(12)20-15/h4-6,8H,7H2,1-3H3,(H,17,18). The lowest BCUT2D eigenvalue weighted by molar-refractivity contribution is 0.391. The van der Waals surface area contributed by atoms with Gasteiger partial charge in [0.15, 0.2) is 5.58 Å². The van der Waals surface area contributed by atoms with Crippen LogP contribution in [-0.4, -0.2) is 16.7 Å². The fourth-order valence-electron chi connectivity index (χ4n) is 2.51. The van der Waals surface area contributed by atoms with Gasteiger partial charge in [0.2, 0.25) is 0 Å². The first kappa shape index (κ1) is 13.6. The van der Waals surface area contributed by atoms with E-state index >= 15 is 0 Å². The van der Waals surface area contributed by atoms with Gasteiger partial charge in [0.1, 0.15) is 17.1 Å². The molecule has 0 fully saturated rings. The molecule has 0 aliphatic carbocycles. The molecule has 1 atom stereocenters. The average Bonchev–Trinajstić information content (AvgIpc) is 2.99. The molecule has 0 spiro atoms. The summed E-state index contributed by atoms with van der Waals surface area (Å²) in [6, 6.07) is 4.66. The third kappa shape index (κ3) is 2.61. The van der Waals surface area contributed by atoms with Gasteiger partial charge in [-0.15, -0.1) is 0 Å². The van der Waals surface area contributed by atoms with E-state index in [1.807, 2.05) is 13.8 Å². The van der Waals surface area contributed by atoms with Crippen molar-refractivity contribution in [2.45, 2.75) is 26.7 Å². The molecule has 0 radical (unpaired) electrons. The van der Waals surface area contributed by atoms with Crippen LogP contribution >= 0.6 is 0 Å². The summed E-state index contributed by atoms with van der Waals surface area (Å²) in [4.78, 5) is 4.27. The highest BCUT2D eigenvalue weighted by molar-refractivity contribution is 5.74. The molecule has 3 aromatic rings. The maximum Gasteiger partial charge on any atom is 0.295 e. The van der Waals surface area contributed by atoms with Crippen molar-refractivity contribution in [2.75, 3.05) is 11.9 Å². The Morgan fingerprint density at radius 3 is 2.86 bits per heavy atom. The largest absolute Gasteiger partial charge is 0.423 e. The summed E-state index contributed by atoms with van der Waals surface area (Å²) in [7, 11) is 0. The molecule has 21 heavy (non-hydrogen) atoms. The topological polar surface area (TPSA) is 64.1 Å². The molecule has 6 heteroatoms. The van der Waals surface area contributed by atoms with Crippen LogP contribution in [-0.2, 0) is 0 Å². The summed E-state index contributed by atoms with van der Waals surface area (Å²) in [5, 5.41) is 7.08. The third-order valence-corrected chi connectivity index (χ3v) is 3.49. The number of aryl methyl sites for hydroxylation is 2. The molecule has 3 rings (SSSR count). The Balaban J connectivity index is 1.74.